The van der Waals surface area contributed by atoms with Gasteiger partial charge in [-0.2, -0.15) is 5.26 Å². The van der Waals surface area contributed by atoms with Crippen LogP contribution >= 0.6 is 0 Å². The summed E-state index contributed by atoms with van der Waals surface area (Å²) in [4.78, 5) is 9.55. The Morgan fingerprint density at radius 3 is 2.65 bits per heavy atom. The molecule has 0 heterocycles. The molecule has 90 valence electrons. The van der Waals surface area contributed by atoms with E-state index < -0.39 is 32.2 Å². The summed E-state index contributed by atoms with van der Waals surface area (Å²) >= 11 is 0. The van der Waals surface area contributed by atoms with Gasteiger partial charge in [0.05, 0.1) is 22.7 Å². The highest BCUT2D eigenvalue weighted by atomic mass is 32.2. The van der Waals surface area contributed by atoms with E-state index in [1.54, 1.807) is 0 Å². The zero-order valence-corrected chi connectivity index (χ0v) is 9.07. The van der Waals surface area contributed by atoms with Crippen molar-refractivity contribution in [1.29, 1.82) is 5.26 Å². The molecule has 0 amide bonds. The Kier molecular flexibility index (Phi) is 3.59. The maximum Gasteiger partial charge on any atom is 0.274 e. The van der Waals surface area contributed by atoms with Gasteiger partial charge in [0.1, 0.15) is 5.82 Å². The van der Waals surface area contributed by atoms with E-state index in [0.717, 1.165) is 12.1 Å². The minimum absolute atomic E-state index is 0.299. The molecule has 1 aromatic rings. The van der Waals surface area contributed by atoms with E-state index >= 15 is 0 Å². The van der Waals surface area contributed by atoms with Gasteiger partial charge in [-0.1, -0.05) is 0 Å². The number of nitro groups is 1. The third-order valence-electron chi connectivity index (χ3n) is 1.62. The van der Waals surface area contributed by atoms with Crippen LogP contribution in [-0.4, -0.2) is 19.1 Å². The quantitative estimate of drug-likeness (QED) is 0.640. The number of nitriles is 1. The fourth-order valence-electron chi connectivity index (χ4n) is 1.04. The highest BCUT2D eigenvalue weighted by Gasteiger charge is 2.14. The molecule has 0 saturated heterocycles. The molecule has 0 aliphatic heterocycles. The molecule has 0 bridgehead atoms. The van der Waals surface area contributed by atoms with Gasteiger partial charge in [-0.3, -0.25) is 14.8 Å². The number of hydrogen-bond acceptors (Lipinski definition) is 5. The molecule has 1 N–H and O–H groups in total. The smallest absolute Gasteiger partial charge is 0.274 e. The van der Waals surface area contributed by atoms with Crippen LogP contribution in [0.4, 0.5) is 15.8 Å². The molecule has 0 fully saturated rings. The van der Waals surface area contributed by atoms with E-state index in [1.165, 1.54) is 6.07 Å². The molecule has 7 nitrogen and oxygen atoms in total. The number of nitrogens with one attached hydrogen (secondary N) is 1. The van der Waals surface area contributed by atoms with Gasteiger partial charge < -0.3 is 0 Å². The number of halogens is 1. The lowest BCUT2D eigenvalue weighted by Crippen LogP contribution is -2.15. The number of benzene rings is 1. The lowest BCUT2D eigenvalue weighted by molar-refractivity contribution is -0.385. The molecule has 0 aliphatic carbocycles. The first-order valence-corrected chi connectivity index (χ1v) is 5.82. The summed E-state index contributed by atoms with van der Waals surface area (Å²) in [5.41, 5.74) is -0.883. The second kappa shape index (κ2) is 4.75. The zero-order valence-electron chi connectivity index (χ0n) is 8.25. The zero-order chi connectivity index (χ0) is 13.1. The maximum atomic E-state index is 12.9. The fraction of sp³-hybridized carbons (Fsp3) is 0.125. The van der Waals surface area contributed by atoms with Crippen molar-refractivity contribution in [2.24, 2.45) is 0 Å². The summed E-state index contributed by atoms with van der Waals surface area (Å²) in [6.07, 6.45) is 0. The molecular weight excluding hydrogens is 253 g/mol. The van der Waals surface area contributed by atoms with E-state index in [1.807, 2.05) is 4.72 Å². The number of sulfonamides is 1. The highest BCUT2D eigenvalue weighted by Crippen LogP contribution is 2.20. The van der Waals surface area contributed by atoms with E-state index in [9.17, 15) is 22.9 Å². The molecule has 0 aromatic heterocycles. The molecule has 0 saturated carbocycles. The molecule has 0 unspecified atom stereocenters. The first-order chi connectivity index (χ1) is 7.84. The van der Waals surface area contributed by atoms with Crippen LogP contribution in [0.1, 0.15) is 0 Å². The van der Waals surface area contributed by atoms with Crippen molar-refractivity contribution in [3.05, 3.63) is 34.1 Å². The van der Waals surface area contributed by atoms with Gasteiger partial charge >= 0.3 is 0 Å². The number of nitro benzene ring substituents is 1. The number of hydrogen-bond donors (Lipinski definition) is 1. The van der Waals surface area contributed by atoms with Gasteiger partial charge in [0.25, 0.3) is 5.69 Å². The van der Waals surface area contributed by atoms with Crippen LogP contribution in [0, 0.1) is 27.3 Å². The van der Waals surface area contributed by atoms with Crippen molar-refractivity contribution < 1.29 is 17.7 Å². The Labute approximate surface area is 95.7 Å². The Bertz CT molecular complexity index is 593. The third-order valence-corrected chi connectivity index (χ3v) is 2.68. The third kappa shape index (κ3) is 3.69. The maximum absolute atomic E-state index is 12.9. The SMILES string of the molecule is N#CCS(=O)(=O)Nc1cc(F)cc([N+](=O)[O-])c1. The number of nitrogens with zero attached hydrogens (tertiary/aromatic N) is 2. The molecule has 17 heavy (non-hydrogen) atoms. The van der Waals surface area contributed by atoms with Crippen LogP contribution in [0.5, 0.6) is 0 Å². The van der Waals surface area contributed by atoms with Crippen LogP contribution in [0.3, 0.4) is 0 Å². The van der Waals surface area contributed by atoms with Gasteiger partial charge in [-0.05, 0) is 6.07 Å². The van der Waals surface area contributed by atoms with Crippen molar-refractivity contribution in [2.45, 2.75) is 0 Å². The normalized spacial score (nSPS) is 10.6. The van der Waals surface area contributed by atoms with Crippen LogP contribution in [0.2, 0.25) is 0 Å². The summed E-state index contributed by atoms with van der Waals surface area (Å²) < 4.78 is 37.1. The molecule has 0 atom stereocenters. The van der Waals surface area contributed by atoms with E-state index in [-0.39, 0.29) is 5.69 Å². The molecule has 0 radical (unpaired) electrons. The van der Waals surface area contributed by atoms with Crippen molar-refractivity contribution in [2.75, 3.05) is 10.5 Å². The first-order valence-electron chi connectivity index (χ1n) is 4.16. The minimum Gasteiger partial charge on any atom is -0.282 e. The standard InChI is InChI=1S/C8H6FN3O4S/c9-6-3-7(5-8(4-6)12(13)14)11-17(15,16)2-1-10/h3-5,11H,2H2. The monoisotopic (exact) mass is 259 g/mol. The van der Waals surface area contributed by atoms with Gasteiger partial charge in [0.15, 0.2) is 5.75 Å². The lowest BCUT2D eigenvalue weighted by atomic mass is 10.3. The van der Waals surface area contributed by atoms with Gasteiger partial charge in [-0.25, -0.2) is 12.8 Å². The predicted octanol–water partition coefficient (Wildman–Crippen LogP) is 0.999. The Balaban J connectivity index is 3.09. The Morgan fingerprint density at radius 1 is 1.47 bits per heavy atom. The van der Waals surface area contributed by atoms with Crippen LogP contribution in [0.15, 0.2) is 18.2 Å². The van der Waals surface area contributed by atoms with E-state index in [0.29, 0.717) is 6.07 Å². The molecule has 0 aliphatic rings. The van der Waals surface area contributed by atoms with Crippen molar-refractivity contribution >= 4 is 21.4 Å². The van der Waals surface area contributed by atoms with Gasteiger partial charge in [0, 0.05) is 6.07 Å². The Morgan fingerprint density at radius 2 is 2.12 bits per heavy atom. The topological polar surface area (TPSA) is 113 Å². The highest BCUT2D eigenvalue weighted by molar-refractivity contribution is 7.92. The molecule has 1 aromatic carbocycles. The number of anilines is 1. The molecule has 9 heteroatoms. The van der Waals surface area contributed by atoms with Crippen LogP contribution < -0.4 is 4.72 Å². The summed E-state index contributed by atoms with van der Waals surface area (Å²) in [6, 6.07) is 3.70. The molecule has 1 rings (SSSR count). The summed E-state index contributed by atoms with van der Waals surface area (Å²) in [7, 11) is -3.94. The largest absolute Gasteiger partial charge is 0.282 e. The average Bonchev–Trinajstić information content (AvgIpc) is 2.15. The summed E-state index contributed by atoms with van der Waals surface area (Å²) in [6.45, 7) is 0. The predicted molar refractivity (Wildman–Crippen MR) is 56.1 cm³/mol. The van der Waals surface area contributed by atoms with Crippen molar-refractivity contribution in [3.8, 4) is 6.07 Å². The second-order valence-electron chi connectivity index (χ2n) is 2.97. The Hall–Kier alpha value is -2.21. The average molecular weight is 259 g/mol. The first kappa shape index (κ1) is 12.9. The second-order valence-corrected chi connectivity index (χ2v) is 4.70. The fourth-order valence-corrected chi connectivity index (χ4v) is 1.76. The molecule has 0 spiro atoms. The summed E-state index contributed by atoms with van der Waals surface area (Å²) in [5, 5.41) is 18.6. The molecular formula is C8H6FN3O4S. The van der Waals surface area contributed by atoms with Gasteiger partial charge in [0.2, 0.25) is 10.0 Å². The van der Waals surface area contributed by atoms with Gasteiger partial charge in [-0.15, -0.1) is 0 Å². The van der Waals surface area contributed by atoms with Crippen LogP contribution in [-0.2, 0) is 10.0 Å². The minimum atomic E-state index is -3.94. The number of non-ortho nitro benzene ring substituents is 1. The number of rotatable bonds is 4. The van der Waals surface area contributed by atoms with E-state index in [4.69, 9.17) is 5.26 Å². The van der Waals surface area contributed by atoms with E-state index in [2.05, 4.69) is 0 Å². The van der Waals surface area contributed by atoms with Crippen molar-refractivity contribution in [3.63, 3.8) is 0 Å². The van der Waals surface area contributed by atoms with Crippen molar-refractivity contribution in [1.82, 2.24) is 0 Å². The summed E-state index contributed by atoms with van der Waals surface area (Å²) in [5.74, 6) is -1.77. The lowest BCUT2D eigenvalue weighted by Gasteiger charge is -2.04. The van der Waals surface area contributed by atoms with Crippen LogP contribution in [0.25, 0.3) is 0 Å².